The lowest BCUT2D eigenvalue weighted by atomic mass is 10.2. The van der Waals surface area contributed by atoms with E-state index in [1.54, 1.807) is 24.3 Å². The first-order valence-corrected chi connectivity index (χ1v) is 6.18. The van der Waals surface area contributed by atoms with Crippen LogP contribution in [0.3, 0.4) is 0 Å². The number of benzene rings is 1. The Morgan fingerprint density at radius 1 is 1.14 bits per heavy atom. The molecule has 0 aliphatic rings. The molecule has 3 rings (SSSR count). The number of carbonyl (C=O) groups excluding carboxylic acids is 1. The van der Waals surface area contributed by atoms with Crippen LogP contribution in [-0.2, 0) is 0 Å². The fourth-order valence-electron chi connectivity index (χ4n) is 2.26. The fourth-order valence-corrected chi connectivity index (χ4v) is 2.26. The Morgan fingerprint density at radius 2 is 1.90 bits per heavy atom. The van der Waals surface area contributed by atoms with E-state index in [-0.39, 0.29) is 5.69 Å². The Labute approximate surface area is 119 Å². The minimum Gasteiger partial charge on any atom is -0.464 e. The van der Waals surface area contributed by atoms with Crippen molar-refractivity contribution >= 4 is 22.9 Å². The van der Waals surface area contributed by atoms with E-state index in [1.165, 1.54) is 16.8 Å². The molecule has 0 radical (unpaired) electrons. The number of fused-ring (bicyclic) bond motifs is 1. The first-order valence-electron chi connectivity index (χ1n) is 6.18. The van der Waals surface area contributed by atoms with Crippen molar-refractivity contribution in [1.29, 1.82) is 0 Å². The van der Waals surface area contributed by atoms with Gasteiger partial charge in [0.05, 0.1) is 11.2 Å². The number of para-hydroxylation sites is 1. The molecule has 6 heteroatoms. The van der Waals surface area contributed by atoms with E-state index >= 15 is 0 Å². The number of carbonyl (C=O) groups is 2. The summed E-state index contributed by atoms with van der Waals surface area (Å²) in [6.07, 6.45) is 0.360. The molecule has 0 unspecified atom stereocenters. The van der Waals surface area contributed by atoms with Gasteiger partial charge in [0.15, 0.2) is 0 Å². The van der Waals surface area contributed by atoms with Crippen molar-refractivity contribution in [3.05, 3.63) is 54.4 Å². The van der Waals surface area contributed by atoms with Gasteiger partial charge in [0.25, 0.3) is 5.91 Å². The summed E-state index contributed by atoms with van der Waals surface area (Å²) in [5.41, 5.74) is 6.96. The minimum atomic E-state index is -1.08. The van der Waals surface area contributed by atoms with Gasteiger partial charge in [-0.3, -0.25) is 9.78 Å². The van der Waals surface area contributed by atoms with Crippen LogP contribution in [0.4, 0.5) is 4.79 Å². The van der Waals surface area contributed by atoms with Gasteiger partial charge in [-0.15, -0.1) is 0 Å². The summed E-state index contributed by atoms with van der Waals surface area (Å²) in [6.45, 7) is 0. The van der Waals surface area contributed by atoms with Gasteiger partial charge in [-0.2, -0.15) is 0 Å². The Hall–Kier alpha value is -3.15. The van der Waals surface area contributed by atoms with Crippen LogP contribution in [0.15, 0.2) is 48.7 Å². The molecule has 1 aromatic carbocycles. The van der Waals surface area contributed by atoms with Gasteiger partial charge < -0.3 is 10.8 Å². The Kier molecular flexibility index (Phi) is 2.91. The van der Waals surface area contributed by atoms with E-state index in [4.69, 9.17) is 5.73 Å². The van der Waals surface area contributed by atoms with Crippen LogP contribution in [0.5, 0.6) is 0 Å². The van der Waals surface area contributed by atoms with Crippen LogP contribution in [0, 0.1) is 0 Å². The number of pyridine rings is 1. The lowest BCUT2D eigenvalue weighted by molar-refractivity contribution is 0.0995. The molecule has 1 amide bonds. The molecule has 0 aliphatic carbocycles. The second kappa shape index (κ2) is 4.75. The van der Waals surface area contributed by atoms with Crippen molar-refractivity contribution in [2.75, 3.05) is 0 Å². The quantitative estimate of drug-likeness (QED) is 0.753. The zero-order valence-corrected chi connectivity index (χ0v) is 10.9. The van der Waals surface area contributed by atoms with Gasteiger partial charge in [-0.05, 0) is 24.3 Å². The summed E-state index contributed by atoms with van der Waals surface area (Å²) in [6, 6.07) is 12.1. The number of amides is 1. The topological polar surface area (TPSA) is 98.2 Å². The maximum Gasteiger partial charge on any atom is 0.416 e. The molecule has 2 heterocycles. The highest BCUT2D eigenvalue weighted by Gasteiger charge is 2.15. The van der Waals surface area contributed by atoms with Crippen molar-refractivity contribution in [2.24, 2.45) is 5.73 Å². The first-order chi connectivity index (χ1) is 10.1. The summed E-state index contributed by atoms with van der Waals surface area (Å²) in [5, 5.41) is 10.2. The molecular weight excluding hydrogens is 270 g/mol. The molecule has 0 spiro atoms. The molecule has 3 N–H and O–H groups in total. The normalized spacial score (nSPS) is 10.7. The number of nitrogens with zero attached hydrogens (tertiary/aromatic N) is 2. The number of carboxylic acid groups (broad SMARTS) is 1. The third kappa shape index (κ3) is 2.12. The highest BCUT2D eigenvalue weighted by molar-refractivity contribution is 5.96. The van der Waals surface area contributed by atoms with Crippen LogP contribution in [0.25, 0.3) is 22.2 Å². The number of nitrogens with two attached hydrogens (primary N) is 1. The third-order valence-corrected chi connectivity index (χ3v) is 3.21. The largest absolute Gasteiger partial charge is 0.464 e. The Balaban J connectivity index is 2.22. The maximum atomic E-state index is 11.5. The van der Waals surface area contributed by atoms with E-state index < -0.39 is 12.0 Å². The summed E-state index contributed by atoms with van der Waals surface area (Å²) in [7, 11) is 0. The number of aromatic nitrogens is 2. The number of rotatable bonds is 2. The molecule has 21 heavy (non-hydrogen) atoms. The van der Waals surface area contributed by atoms with Gasteiger partial charge in [0, 0.05) is 17.1 Å². The molecule has 0 bridgehead atoms. The van der Waals surface area contributed by atoms with E-state index in [0.29, 0.717) is 16.8 Å². The molecule has 0 atom stereocenters. The van der Waals surface area contributed by atoms with Crippen LogP contribution in [0.2, 0.25) is 0 Å². The van der Waals surface area contributed by atoms with Crippen molar-refractivity contribution < 1.29 is 14.7 Å². The fraction of sp³-hybridized carbons (Fsp3) is 0. The van der Waals surface area contributed by atoms with Crippen LogP contribution in [0.1, 0.15) is 10.5 Å². The molecular formula is C15H11N3O3. The van der Waals surface area contributed by atoms with Gasteiger partial charge in [0.1, 0.15) is 5.69 Å². The van der Waals surface area contributed by atoms with E-state index in [9.17, 15) is 14.7 Å². The SMILES string of the molecule is NC(=O)c1ccc(-c2cc3ccccc3n2C(=O)O)cn1. The average molecular weight is 281 g/mol. The average Bonchev–Trinajstić information content (AvgIpc) is 2.86. The zero-order chi connectivity index (χ0) is 15.0. The maximum absolute atomic E-state index is 11.5. The van der Waals surface area contributed by atoms with Crippen molar-refractivity contribution in [1.82, 2.24) is 9.55 Å². The van der Waals surface area contributed by atoms with Gasteiger partial charge in [0.2, 0.25) is 0 Å². The van der Waals surface area contributed by atoms with Gasteiger partial charge >= 0.3 is 6.09 Å². The van der Waals surface area contributed by atoms with Crippen molar-refractivity contribution in [3.8, 4) is 11.3 Å². The predicted octanol–water partition coefficient (Wildman–Crippen LogP) is 2.33. The van der Waals surface area contributed by atoms with Gasteiger partial charge in [-0.25, -0.2) is 9.36 Å². The standard InChI is InChI=1S/C15H11N3O3/c16-14(19)11-6-5-10(8-17-11)13-7-9-3-1-2-4-12(9)18(13)15(20)21/h1-8H,(H2,16,19)(H,20,21). The van der Waals surface area contributed by atoms with E-state index in [1.807, 2.05) is 12.1 Å². The Bertz CT molecular complexity index is 850. The monoisotopic (exact) mass is 281 g/mol. The molecule has 0 saturated carbocycles. The molecule has 2 aromatic heterocycles. The number of hydrogen-bond acceptors (Lipinski definition) is 3. The molecule has 0 aliphatic heterocycles. The lowest BCUT2D eigenvalue weighted by Gasteiger charge is -2.05. The summed E-state index contributed by atoms with van der Waals surface area (Å²) >= 11 is 0. The predicted molar refractivity (Wildman–Crippen MR) is 77.1 cm³/mol. The molecule has 0 saturated heterocycles. The third-order valence-electron chi connectivity index (χ3n) is 3.21. The summed E-state index contributed by atoms with van der Waals surface area (Å²) in [4.78, 5) is 26.5. The van der Waals surface area contributed by atoms with Crippen LogP contribution in [-0.4, -0.2) is 26.7 Å². The van der Waals surface area contributed by atoms with E-state index in [0.717, 1.165) is 5.39 Å². The van der Waals surface area contributed by atoms with Gasteiger partial charge in [-0.1, -0.05) is 18.2 Å². The first kappa shape index (κ1) is 12.9. The van der Waals surface area contributed by atoms with Crippen molar-refractivity contribution in [2.45, 2.75) is 0 Å². The summed E-state index contributed by atoms with van der Waals surface area (Å²) < 4.78 is 1.19. The highest BCUT2D eigenvalue weighted by Crippen LogP contribution is 2.27. The van der Waals surface area contributed by atoms with Crippen LogP contribution >= 0.6 is 0 Å². The van der Waals surface area contributed by atoms with Crippen molar-refractivity contribution in [3.63, 3.8) is 0 Å². The lowest BCUT2D eigenvalue weighted by Crippen LogP contribution is -2.13. The molecule has 6 nitrogen and oxygen atoms in total. The van der Waals surface area contributed by atoms with E-state index in [2.05, 4.69) is 4.98 Å². The molecule has 104 valence electrons. The zero-order valence-electron chi connectivity index (χ0n) is 10.9. The number of primary amides is 1. The smallest absolute Gasteiger partial charge is 0.416 e. The second-order valence-electron chi connectivity index (χ2n) is 4.50. The minimum absolute atomic E-state index is 0.136. The molecule has 3 aromatic rings. The number of hydrogen-bond donors (Lipinski definition) is 2. The van der Waals surface area contributed by atoms with Crippen LogP contribution < -0.4 is 5.73 Å². The summed E-state index contributed by atoms with van der Waals surface area (Å²) in [5.74, 6) is -0.625. The Morgan fingerprint density at radius 3 is 2.52 bits per heavy atom. The highest BCUT2D eigenvalue weighted by atomic mass is 16.4. The molecule has 0 fully saturated rings. The second-order valence-corrected chi connectivity index (χ2v) is 4.50.